The van der Waals surface area contributed by atoms with Crippen molar-refractivity contribution in [2.45, 2.75) is 89.8 Å². The third kappa shape index (κ3) is 9.82. The van der Waals surface area contributed by atoms with Crippen LogP contribution in [-0.4, -0.2) is 84.8 Å². The van der Waals surface area contributed by atoms with Gasteiger partial charge in [-0.2, -0.15) is 0 Å². The predicted octanol–water partition coefficient (Wildman–Crippen LogP) is 6.06. The monoisotopic (exact) mass is 799 g/mol. The number of fused-ring (bicyclic) bond motifs is 1. The topological polar surface area (TPSA) is 182 Å². The summed E-state index contributed by atoms with van der Waals surface area (Å²) in [4.78, 5) is 61.5. The van der Waals surface area contributed by atoms with Gasteiger partial charge in [0, 0.05) is 29.5 Å². The molecule has 3 atom stereocenters. The van der Waals surface area contributed by atoms with E-state index in [1.807, 2.05) is 42.5 Å². The first-order valence-corrected chi connectivity index (χ1v) is 20.3. The Morgan fingerprint density at radius 2 is 1.58 bits per heavy atom. The third-order valence-corrected chi connectivity index (χ3v) is 11.4. The number of amides is 4. The van der Waals surface area contributed by atoms with Crippen molar-refractivity contribution in [3.05, 3.63) is 84.4 Å². The summed E-state index contributed by atoms with van der Waals surface area (Å²) >= 11 is 0. The summed E-state index contributed by atoms with van der Waals surface area (Å²) in [6.07, 6.45) is -0.551. The number of sulfonamides is 1. The van der Waals surface area contributed by atoms with Crippen LogP contribution in [0.1, 0.15) is 71.2 Å². The Morgan fingerprint density at radius 3 is 2.23 bits per heavy atom. The highest BCUT2D eigenvalue weighted by atomic mass is 32.2. The second-order valence-electron chi connectivity index (χ2n) is 16.4. The number of anilines is 1. The second-order valence-corrected chi connectivity index (χ2v) is 18.4. The molecule has 1 aromatic heterocycles. The van der Waals surface area contributed by atoms with Gasteiger partial charge in [-0.15, -0.1) is 0 Å². The molecule has 1 aliphatic carbocycles. The number of pyridine rings is 1. The molecule has 1 saturated carbocycles. The fourth-order valence-corrected chi connectivity index (χ4v) is 7.90. The molecule has 2 heterocycles. The Balaban J connectivity index is 1.34. The molecule has 302 valence electrons. The maximum Gasteiger partial charge on any atom is 0.408 e. The minimum atomic E-state index is -3.88. The molecule has 3 aromatic carbocycles. The van der Waals surface area contributed by atoms with Gasteiger partial charge in [-0.05, 0) is 63.3 Å². The molecule has 1 saturated heterocycles. The largest absolute Gasteiger partial charge is 0.497 e. The zero-order chi connectivity index (χ0) is 41.3. The molecule has 0 unspecified atom stereocenters. The first-order valence-electron chi connectivity index (χ1n) is 18.8. The molecule has 14 nitrogen and oxygen atoms in total. The van der Waals surface area contributed by atoms with E-state index < -0.39 is 68.3 Å². The number of benzene rings is 3. The fourth-order valence-electron chi connectivity index (χ4n) is 6.60. The normalized spacial score (nSPS) is 17.7. The van der Waals surface area contributed by atoms with E-state index in [1.54, 1.807) is 72.9 Å². The fraction of sp³-hybridized carbons (Fsp3) is 0.405. The van der Waals surface area contributed by atoms with E-state index in [1.165, 1.54) is 17.0 Å². The van der Waals surface area contributed by atoms with Gasteiger partial charge in [0.15, 0.2) is 0 Å². The van der Waals surface area contributed by atoms with Gasteiger partial charge >= 0.3 is 6.09 Å². The van der Waals surface area contributed by atoms with Crippen LogP contribution in [0.3, 0.4) is 0 Å². The lowest BCUT2D eigenvalue weighted by atomic mass is 9.85. The lowest BCUT2D eigenvalue weighted by Gasteiger charge is -2.35. The molecule has 57 heavy (non-hydrogen) atoms. The lowest BCUT2D eigenvalue weighted by molar-refractivity contribution is -0.140. The molecule has 4 aromatic rings. The van der Waals surface area contributed by atoms with E-state index in [4.69, 9.17) is 19.2 Å². The van der Waals surface area contributed by atoms with Crippen molar-refractivity contribution in [1.29, 1.82) is 0 Å². The van der Waals surface area contributed by atoms with Crippen molar-refractivity contribution in [3.8, 4) is 22.8 Å². The van der Waals surface area contributed by atoms with Crippen molar-refractivity contribution in [3.63, 3.8) is 0 Å². The standard InChI is InChI=1S/C42H49N5O9S/c1-41(2,3)36(45-40(51)56-42(4,5)6)39(50)47-24-27(55-35-23-32(25-13-9-8-10-14-25)43-33-21-26(54-7)17-20-29(33)35)22-34(47)38(49)44-31-16-12-11-15-30(31)37(48)46-57(52,53)28-18-19-28/h8-17,20-21,23,27-28,34,36H,18-19,22,24H2,1-7H3,(H,44,49)(H,45,51)(H,46,48)/t27-,34-,36-/m1/s1. The SMILES string of the molecule is COc1ccc2c(O[C@@H]3C[C@H](C(=O)Nc4ccccc4C(=O)NS(=O)(=O)C4CC4)N(C(=O)[C@@H](NC(=O)OC(C)(C)C)C(C)(C)C)C3)cc(-c3ccccc3)nc2c1. The van der Waals surface area contributed by atoms with E-state index in [0.29, 0.717) is 40.9 Å². The summed E-state index contributed by atoms with van der Waals surface area (Å²) < 4.78 is 45.0. The summed E-state index contributed by atoms with van der Waals surface area (Å²) in [6, 6.07) is 20.6. The highest BCUT2D eigenvalue weighted by Crippen LogP contribution is 2.36. The molecule has 4 amide bonds. The number of hydrogen-bond acceptors (Lipinski definition) is 10. The number of nitrogens with zero attached hydrogens (tertiary/aromatic N) is 2. The van der Waals surface area contributed by atoms with Gasteiger partial charge in [0.2, 0.25) is 21.8 Å². The van der Waals surface area contributed by atoms with Gasteiger partial charge < -0.3 is 29.7 Å². The van der Waals surface area contributed by atoms with Crippen LogP contribution in [0.25, 0.3) is 22.2 Å². The first kappa shape index (κ1) is 40.9. The molecule has 2 fully saturated rings. The summed E-state index contributed by atoms with van der Waals surface area (Å²) in [7, 11) is -2.31. The summed E-state index contributed by atoms with van der Waals surface area (Å²) in [5.41, 5.74) is 0.433. The number of carbonyl (C=O) groups excluding carboxylic acids is 4. The Hall–Kier alpha value is -5.70. The molecule has 3 N–H and O–H groups in total. The number of para-hydroxylation sites is 1. The number of ether oxygens (including phenoxy) is 3. The van der Waals surface area contributed by atoms with Crippen LogP contribution >= 0.6 is 0 Å². The molecular formula is C42H49N5O9S. The minimum Gasteiger partial charge on any atom is -0.497 e. The average Bonchev–Trinajstić information content (AvgIpc) is 3.93. The van der Waals surface area contributed by atoms with Gasteiger partial charge in [0.25, 0.3) is 5.91 Å². The van der Waals surface area contributed by atoms with Gasteiger partial charge in [-0.3, -0.25) is 14.4 Å². The van der Waals surface area contributed by atoms with Crippen LogP contribution in [-0.2, 0) is 24.3 Å². The molecule has 0 radical (unpaired) electrons. The van der Waals surface area contributed by atoms with E-state index in [9.17, 15) is 27.6 Å². The van der Waals surface area contributed by atoms with Gasteiger partial charge in [-0.1, -0.05) is 63.2 Å². The Bertz CT molecular complexity index is 2280. The minimum absolute atomic E-state index is 0.0337. The third-order valence-electron chi connectivity index (χ3n) is 9.59. The number of rotatable bonds is 11. The number of nitrogens with one attached hydrogen (secondary N) is 3. The average molecular weight is 800 g/mol. The Labute approximate surface area is 332 Å². The number of aromatic nitrogens is 1. The van der Waals surface area contributed by atoms with Crippen molar-refractivity contribution in [2.75, 3.05) is 19.0 Å². The van der Waals surface area contributed by atoms with Gasteiger partial charge in [0.1, 0.15) is 35.3 Å². The maximum absolute atomic E-state index is 14.6. The van der Waals surface area contributed by atoms with Gasteiger partial charge in [0.05, 0.1) is 41.4 Å². The molecular weight excluding hydrogens is 751 g/mol. The van der Waals surface area contributed by atoms with Gasteiger partial charge in [-0.25, -0.2) is 22.9 Å². The highest BCUT2D eigenvalue weighted by molar-refractivity contribution is 7.91. The number of carbonyl (C=O) groups is 4. The van der Waals surface area contributed by atoms with Crippen LogP contribution in [0.5, 0.6) is 11.5 Å². The molecule has 15 heteroatoms. The number of likely N-dealkylation sites (tertiary alicyclic amines) is 1. The van der Waals surface area contributed by atoms with E-state index in [2.05, 4.69) is 15.4 Å². The van der Waals surface area contributed by atoms with E-state index in [0.717, 1.165) is 5.56 Å². The highest BCUT2D eigenvalue weighted by Gasteiger charge is 2.46. The van der Waals surface area contributed by atoms with Crippen LogP contribution in [0.4, 0.5) is 10.5 Å². The molecule has 0 spiro atoms. The second kappa shape index (κ2) is 16.0. The first-order chi connectivity index (χ1) is 26.8. The summed E-state index contributed by atoms with van der Waals surface area (Å²) in [5.74, 6) is -0.999. The zero-order valence-electron chi connectivity index (χ0n) is 33.1. The van der Waals surface area contributed by atoms with E-state index in [-0.39, 0.29) is 24.2 Å². The van der Waals surface area contributed by atoms with Crippen molar-refractivity contribution in [1.82, 2.24) is 19.9 Å². The predicted molar refractivity (Wildman–Crippen MR) is 215 cm³/mol. The Kier molecular flexibility index (Phi) is 11.5. The van der Waals surface area contributed by atoms with Crippen LogP contribution in [0, 0.1) is 5.41 Å². The number of alkyl carbamates (subject to hydrolysis) is 1. The van der Waals surface area contributed by atoms with E-state index >= 15 is 0 Å². The number of hydrogen-bond donors (Lipinski definition) is 3. The summed E-state index contributed by atoms with van der Waals surface area (Å²) in [5, 5.41) is 5.55. The van der Waals surface area contributed by atoms with Crippen LogP contribution < -0.4 is 24.8 Å². The smallest absolute Gasteiger partial charge is 0.408 e. The van der Waals surface area contributed by atoms with Crippen molar-refractivity contribution in [2.24, 2.45) is 5.41 Å². The molecule has 6 rings (SSSR count). The van der Waals surface area contributed by atoms with Crippen molar-refractivity contribution < 1.29 is 41.8 Å². The molecule has 1 aliphatic heterocycles. The number of methoxy groups -OCH3 is 1. The Morgan fingerprint density at radius 1 is 0.895 bits per heavy atom. The molecule has 2 aliphatic rings. The van der Waals surface area contributed by atoms with Crippen LogP contribution in [0.15, 0.2) is 78.9 Å². The summed E-state index contributed by atoms with van der Waals surface area (Å²) in [6.45, 7) is 10.5. The zero-order valence-corrected chi connectivity index (χ0v) is 33.9. The van der Waals surface area contributed by atoms with Crippen LogP contribution in [0.2, 0.25) is 0 Å². The molecule has 0 bridgehead atoms. The lowest BCUT2D eigenvalue weighted by Crippen LogP contribution is -2.57. The maximum atomic E-state index is 14.6. The van der Waals surface area contributed by atoms with Crippen molar-refractivity contribution >= 4 is 50.4 Å². The quantitative estimate of drug-likeness (QED) is 0.161.